The molecule has 6 nitrogen and oxygen atoms in total. The Kier molecular flexibility index (Phi) is 50.8. The average molecular weight is 897 g/mol. The number of carbonyl (C=O) groups excluding carboxylic acids is 3. The Balaban J connectivity index is 4.33. The second-order valence-corrected chi connectivity index (χ2v) is 18.5. The molecule has 6 heteroatoms. The Bertz CT molecular complexity index is 1120. The molecule has 0 aliphatic rings. The molecule has 0 rings (SSSR count). The number of hydrogen-bond acceptors (Lipinski definition) is 6. The summed E-state index contributed by atoms with van der Waals surface area (Å²) < 4.78 is 16.8. The largest absolute Gasteiger partial charge is 0.462 e. The highest BCUT2D eigenvalue weighted by Gasteiger charge is 2.19. The second-order valence-electron chi connectivity index (χ2n) is 18.5. The van der Waals surface area contributed by atoms with Crippen LogP contribution in [-0.2, 0) is 28.6 Å². The van der Waals surface area contributed by atoms with Crippen LogP contribution in [0.3, 0.4) is 0 Å². The van der Waals surface area contributed by atoms with Crippen molar-refractivity contribution in [1.29, 1.82) is 0 Å². The number of carbonyl (C=O) groups is 3. The van der Waals surface area contributed by atoms with E-state index >= 15 is 0 Å². The van der Waals surface area contributed by atoms with Crippen LogP contribution in [0.5, 0.6) is 0 Å². The van der Waals surface area contributed by atoms with Gasteiger partial charge in [0.15, 0.2) is 6.10 Å². The van der Waals surface area contributed by atoms with Crippen LogP contribution < -0.4 is 0 Å². The number of hydrogen-bond donors (Lipinski definition) is 0. The van der Waals surface area contributed by atoms with Gasteiger partial charge in [0.2, 0.25) is 0 Å². The maximum Gasteiger partial charge on any atom is 0.306 e. The Morgan fingerprint density at radius 1 is 0.312 bits per heavy atom. The fourth-order valence-corrected chi connectivity index (χ4v) is 7.84. The van der Waals surface area contributed by atoms with Crippen molar-refractivity contribution < 1.29 is 28.6 Å². The van der Waals surface area contributed by atoms with E-state index in [1.165, 1.54) is 161 Å². The summed E-state index contributed by atoms with van der Waals surface area (Å²) in [5, 5.41) is 0. The first kappa shape index (κ1) is 61.4. The molecule has 0 radical (unpaired) electrons. The van der Waals surface area contributed by atoms with Gasteiger partial charge in [0.1, 0.15) is 13.2 Å². The minimum Gasteiger partial charge on any atom is -0.462 e. The van der Waals surface area contributed by atoms with Crippen LogP contribution in [-0.4, -0.2) is 37.2 Å². The van der Waals surface area contributed by atoms with Gasteiger partial charge in [-0.1, -0.05) is 236 Å². The van der Waals surface area contributed by atoms with Gasteiger partial charge < -0.3 is 14.2 Å². The summed E-state index contributed by atoms with van der Waals surface area (Å²) in [6.07, 6.45) is 63.8. The minimum atomic E-state index is -0.778. The predicted molar refractivity (Wildman–Crippen MR) is 275 cm³/mol. The third kappa shape index (κ3) is 50.4. The van der Waals surface area contributed by atoms with Crippen molar-refractivity contribution in [2.75, 3.05) is 13.2 Å². The molecule has 1 unspecified atom stereocenters. The molecule has 0 fully saturated rings. The zero-order chi connectivity index (χ0) is 46.5. The van der Waals surface area contributed by atoms with Crippen LogP contribution in [0.1, 0.15) is 284 Å². The minimum absolute atomic E-state index is 0.0796. The number of unbranched alkanes of at least 4 members (excludes halogenated alkanes) is 31. The third-order valence-corrected chi connectivity index (χ3v) is 12.1. The molecule has 0 aliphatic carbocycles. The van der Waals surface area contributed by atoms with Crippen LogP contribution in [0.4, 0.5) is 0 Å². The average Bonchev–Trinajstić information content (AvgIpc) is 3.29. The molecule has 0 aromatic heterocycles. The highest BCUT2D eigenvalue weighted by Crippen LogP contribution is 2.15. The van der Waals surface area contributed by atoms with E-state index in [9.17, 15) is 14.4 Å². The number of rotatable bonds is 50. The fraction of sp³-hybridized carbons (Fsp3) is 0.810. The number of esters is 3. The Morgan fingerprint density at radius 3 is 0.938 bits per heavy atom. The molecule has 0 spiro atoms. The predicted octanol–water partition coefficient (Wildman–Crippen LogP) is 18.3. The van der Waals surface area contributed by atoms with E-state index in [-0.39, 0.29) is 31.1 Å². The molecule has 0 bridgehead atoms. The van der Waals surface area contributed by atoms with Crippen molar-refractivity contribution in [3.8, 4) is 0 Å². The van der Waals surface area contributed by atoms with Crippen molar-refractivity contribution in [3.05, 3.63) is 48.6 Å². The van der Waals surface area contributed by atoms with Crippen LogP contribution in [0.2, 0.25) is 0 Å². The summed E-state index contributed by atoms with van der Waals surface area (Å²) in [6, 6.07) is 0. The summed E-state index contributed by atoms with van der Waals surface area (Å²) in [4.78, 5) is 38.0. The molecule has 1 atom stereocenters. The summed E-state index contributed by atoms with van der Waals surface area (Å²) in [5.41, 5.74) is 0. The van der Waals surface area contributed by atoms with Gasteiger partial charge >= 0.3 is 17.9 Å². The lowest BCUT2D eigenvalue weighted by Crippen LogP contribution is -2.30. The zero-order valence-corrected chi connectivity index (χ0v) is 42.6. The van der Waals surface area contributed by atoms with Crippen molar-refractivity contribution in [2.24, 2.45) is 0 Å². The fourth-order valence-electron chi connectivity index (χ4n) is 7.84. The summed E-state index contributed by atoms with van der Waals surface area (Å²) in [7, 11) is 0. The SMILES string of the molecule is CCCC/C=C\CCCCCCCC(=O)OCC(COC(=O)CCCCCCCC/C=C\C/C=C\C/C=C\CCCCCCC)OC(=O)CCCCCCCCCCCCCCCC. The summed E-state index contributed by atoms with van der Waals surface area (Å²) in [6.45, 7) is 6.59. The van der Waals surface area contributed by atoms with Crippen LogP contribution >= 0.6 is 0 Å². The lowest BCUT2D eigenvalue weighted by Gasteiger charge is -2.18. The van der Waals surface area contributed by atoms with E-state index in [0.29, 0.717) is 19.3 Å². The molecule has 0 aliphatic heterocycles. The van der Waals surface area contributed by atoms with Crippen molar-refractivity contribution >= 4 is 17.9 Å². The standard InChI is InChI=1S/C58H104O6/c1-4-7-10-13-16-19-22-24-26-27-28-29-30-31-32-34-36-39-42-45-48-51-57(60)63-54-55(53-62-56(59)50-47-44-41-38-35-21-18-15-12-9-6-3)64-58(61)52-49-46-43-40-37-33-25-23-20-17-14-11-8-5-2/h15,18,22,24,27-28,30-31,55H,4-14,16-17,19-21,23,25-26,29,32-54H2,1-3H3/b18-15-,24-22-,28-27-,31-30-. The van der Waals surface area contributed by atoms with Crippen molar-refractivity contribution in [2.45, 2.75) is 290 Å². The third-order valence-electron chi connectivity index (χ3n) is 12.1. The van der Waals surface area contributed by atoms with Crippen LogP contribution in [0, 0.1) is 0 Å². The maximum atomic E-state index is 12.8. The van der Waals surface area contributed by atoms with Gasteiger partial charge in [0, 0.05) is 19.3 Å². The van der Waals surface area contributed by atoms with Gasteiger partial charge in [-0.25, -0.2) is 0 Å². The first-order valence-corrected chi connectivity index (χ1v) is 27.6. The molecule has 0 saturated heterocycles. The maximum absolute atomic E-state index is 12.8. The van der Waals surface area contributed by atoms with Gasteiger partial charge in [0.05, 0.1) is 0 Å². The molecule has 0 aromatic rings. The second kappa shape index (κ2) is 53.0. The summed E-state index contributed by atoms with van der Waals surface area (Å²) in [5.74, 6) is -0.891. The Morgan fingerprint density at radius 2 is 0.578 bits per heavy atom. The van der Waals surface area contributed by atoms with Gasteiger partial charge in [-0.2, -0.15) is 0 Å². The highest BCUT2D eigenvalue weighted by molar-refractivity contribution is 5.71. The van der Waals surface area contributed by atoms with Gasteiger partial charge in [-0.05, 0) is 77.0 Å². The molecule has 64 heavy (non-hydrogen) atoms. The van der Waals surface area contributed by atoms with Gasteiger partial charge in [0.25, 0.3) is 0 Å². The van der Waals surface area contributed by atoms with E-state index in [4.69, 9.17) is 14.2 Å². The monoisotopic (exact) mass is 897 g/mol. The summed E-state index contributed by atoms with van der Waals surface area (Å²) >= 11 is 0. The molecular weight excluding hydrogens is 793 g/mol. The van der Waals surface area contributed by atoms with E-state index in [0.717, 1.165) is 83.5 Å². The smallest absolute Gasteiger partial charge is 0.306 e. The number of ether oxygens (including phenoxy) is 3. The molecule has 0 saturated carbocycles. The van der Waals surface area contributed by atoms with Crippen molar-refractivity contribution in [3.63, 3.8) is 0 Å². The van der Waals surface area contributed by atoms with Gasteiger partial charge in [-0.3, -0.25) is 14.4 Å². The first-order valence-electron chi connectivity index (χ1n) is 27.6. The molecule has 0 heterocycles. The topological polar surface area (TPSA) is 78.9 Å². The Hall–Kier alpha value is -2.63. The lowest BCUT2D eigenvalue weighted by molar-refractivity contribution is -0.167. The zero-order valence-electron chi connectivity index (χ0n) is 42.6. The van der Waals surface area contributed by atoms with E-state index < -0.39 is 6.10 Å². The van der Waals surface area contributed by atoms with Crippen LogP contribution in [0.25, 0.3) is 0 Å². The molecule has 0 aromatic carbocycles. The molecule has 0 N–H and O–H groups in total. The molecule has 372 valence electrons. The van der Waals surface area contributed by atoms with E-state index in [1.54, 1.807) is 0 Å². The van der Waals surface area contributed by atoms with E-state index in [1.807, 2.05) is 0 Å². The first-order chi connectivity index (χ1) is 31.5. The highest BCUT2D eigenvalue weighted by atomic mass is 16.6. The van der Waals surface area contributed by atoms with Crippen LogP contribution in [0.15, 0.2) is 48.6 Å². The Labute approximate surface area is 397 Å². The normalized spacial score (nSPS) is 12.4. The van der Waals surface area contributed by atoms with Gasteiger partial charge in [-0.15, -0.1) is 0 Å². The quantitative estimate of drug-likeness (QED) is 0.0262. The molecular formula is C58H104O6. The number of allylic oxidation sites excluding steroid dienone is 8. The lowest BCUT2D eigenvalue weighted by atomic mass is 10.0. The molecule has 0 amide bonds. The van der Waals surface area contributed by atoms with E-state index in [2.05, 4.69) is 69.4 Å². The van der Waals surface area contributed by atoms with Crippen molar-refractivity contribution in [1.82, 2.24) is 0 Å².